The predicted octanol–water partition coefficient (Wildman–Crippen LogP) is 1.09. The van der Waals surface area contributed by atoms with Gasteiger partial charge >= 0.3 is 0 Å². The van der Waals surface area contributed by atoms with Crippen molar-refractivity contribution in [2.24, 2.45) is 11.7 Å². The van der Waals surface area contributed by atoms with Gasteiger partial charge in [-0.05, 0) is 12.3 Å². The van der Waals surface area contributed by atoms with E-state index in [9.17, 15) is 0 Å². The van der Waals surface area contributed by atoms with Crippen molar-refractivity contribution in [3.05, 3.63) is 12.7 Å². The van der Waals surface area contributed by atoms with Gasteiger partial charge in [0.15, 0.2) is 0 Å². The molecule has 0 aromatic heterocycles. The third-order valence-electron chi connectivity index (χ3n) is 1.61. The Balaban J connectivity index is 3.60. The molecule has 0 fully saturated rings. The summed E-state index contributed by atoms with van der Waals surface area (Å²) in [5.41, 5.74) is 5.35. The first-order chi connectivity index (χ1) is 4.72. The third kappa shape index (κ3) is 3.64. The molecule has 0 aromatic rings. The first kappa shape index (κ1) is 9.66. The lowest BCUT2D eigenvalue weighted by atomic mass is 10.0. The van der Waals surface area contributed by atoms with Gasteiger partial charge < -0.3 is 11.1 Å². The maximum Gasteiger partial charge on any atom is 0.0431 e. The summed E-state index contributed by atoms with van der Waals surface area (Å²) < 4.78 is 0. The highest BCUT2D eigenvalue weighted by molar-refractivity contribution is 4.79. The highest BCUT2D eigenvalue weighted by atomic mass is 15.0. The van der Waals surface area contributed by atoms with E-state index in [2.05, 4.69) is 25.7 Å². The fraction of sp³-hybridized carbons (Fsp3) is 0.750. The molecule has 1 atom stereocenters. The lowest BCUT2D eigenvalue weighted by Crippen LogP contribution is -2.37. The zero-order valence-corrected chi connectivity index (χ0v) is 6.93. The average Bonchev–Trinajstić information content (AvgIpc) is 1.87. The van der Waals surface area contributed by atoms with E-state index in [1.807, 2.05) is 6.08 Å². The lowest BCUT2D eigenvalue weighted by Gasteiger charge is -2.19. The Morgan fingerprint density at radius 3 is 2.50 bits per heavy atom. The van der Waals surface area contributed by atoms with Crippen LogP contribution in [0, 0.1) is 5.92 Å². The SMILES string of the molecule is C=CCC(NCN)C(C)C. The normalized spacial score (nSPS) is 13.6. The molecule has 0 saturated carbocycles. The average molecular weight is 142 g/mol. The van der Waals surface area contributed by atoms with E-state index in [0.717, 1.165) is 6.42 Å². The molecule has 2 nitrogen and oxygen atoms in total. The number of hydrogen-bond acceptors (Lipinski definition) is 2. The number of nitrogens with one attached hydrogen (secondary N) is 1. The minimum Gasteiger partial charge on any atom is -0.318 e. The van der Waals surface area contributed by atoms with E-state index < -0.39 is 0 Å². The smallest absolute Gasteiger partial charge is 0.0431 e. The van der Waals surface area contributed by atoms with Crippen LogP contribution in [0.5, 0.6) is 0 Å². The van der Waals surface area contributed by atoms with Crippen molar-refractivity contribution in [1.29, 1.82) is 0 Å². The summed E-state index contributed by atoms with van der Waals surface area (Å²) in [4.78, 5) is 0. The molecular weight excluding hydrogens is 124 g/mol. The van der Waals surface area contributed by atoms with E-state index in [-0.39, 0.29) is 0 Å². The fourth-order valence-electron chi connectivity index (χ4n) is 0.922. The molecule has 0 bridgehead atoms. The summed E-state index contributed by atoms with van der Waals surface area (Å²) in [5.74, 6) is 0.626. The number of rotatable bonds is 5. The van der Waals surface area contributed by atoms with Gasteiger partial charge in [-0.2, -0.15) is 0 Å². The summed E-state index contributed by atoms with van der Waals surface area (Å²) in [6, 6.07) is 0.488. The van der Waals surface area contributed by atoms with Gasteiger partial charge in [0.25, 0.3) is 0 Å². The summed E-state index contributed by atoms with van der Waals surface area (Å²) in [6.07, 6.45) is 2.92. The van der Waals surface area contributed by atoms with Gasteiger partial charge in [-0.25, -0.2) is 0 Å². The highest BCUT2D eigenvalue weighted by Gasteiger charge is 2.08. The van der Waals surface area contributed by atoms with Crippen LogP contribution in [-0.2, 0) is 0 Å². The molecule has 0 aliphatic rings. The quantitative estimate of drug-likeness (QED) is 0.445. The maximum atomic E-state index is 5.35. The first-order valence-corrected chi connectivity index (χ1v) is 3.76. The largest absolute Gasteiger partial charge is 0.318 e. The summed E-state index contributed by atoms with van der Waals surface area (Å²) in [6.45, 7) is 8.59. The van der Waals surface area contributed by atoms with Crippen molar-refractivity contribution in [2.45, 2.75) is 26.3 Å². The van der Waals surface area contributed by atoms with Gasteiger partial charge in [-0.1, -0.05) is 19.9 Å². The molecule has 0 aromatic carbocycles. The van der Waals surface area contributed by atoms with Crippen LogP contribution in [0.15, 0.2) is 12.7 Å². The molecule has 0 spiro atoms. The van der Waals surface area contributed by atoms with Crippen LogP contribution < -0.4 is 11.1 Å². The van der Waals surface area contributed by atoms with Gasteiger partial charge in [0.05, 0.1) is 0 Å². The van der Waals surface area contributed by atoms with Gasteiger partial charge in [0.1, 0.15) is 0 Å². The van der Waals surface area contributed by atoms with Crippen LogP contribution in [0.2, 0.25) is 0 Å². The van der Waals surface area contributed by atoms with Crippen LogP contribution in [0.3, 0.4) is 0 Å². The van der Waals surface area contributed by atoms with E-state index >= 15 is 0 Å². The zero-order chi connectivity index (χ0) is 7.98. The third-order valence-corrected chi connectivity index (χ3v) is 1.61. The molecule has 0 rings (SSSR count). The van der Waals surface area contributed by atoms with Crippen LogP contribution in [0.25, 0.3) is 0 Å². The lowest BCUT2D eigenvalue weighted by molar-refractivity contribution is 0.407. The van der Waals surface area contributed by atoms with Crippen molar-refractivity contribution in [1.82, 2.24) is 5.32 Å². The van der Waals surface area contributed by atoms with Crippen molar-refractivity contribution >= 4 is 0 Å². The maximum absolute atomic E-state index is 5.35. The van der Waals surface area contributed by atoms with E-state index in [4.69, 9.17) is 5.73 Å². The van der Waals surface area contributed by atoms with Crippen LogP contribution >= 0.6 is 0 Å². The monoisotopic (exact) mass is 142 g/mol. The minimum absolute atomic E-state index is 0.488. The summed E-state index contributed by atoms with van der Waals surface area (Å²) in [7, 11) is 0. The molecule has 10 heavy (non-hydrogen) atoms. The number of hydrogen-bond donors (Lipinski definition) is 2. The Bertz CT molecular complexity index is 89.3. The van der Waals surface area contributed by atoms with Gasteiger partial charge in [0, 0.05) is 12.7 Å². The molecule has 0 aliphatic heterocycles. The Morgan fingerprint density at radius 2 is 2.20 bits per heavy atom. The standard InChI is InChI=1S/C8H18N2/c1-4-5-8(7(2)3)10-6-9/h4,7-8,10H,1,5-6,9H2,2-3H3. The first-order valence-electron chi connectivity index (χ1n) is 3.76. The van der Waals surface area contributed by atoms with Crippen molar-refractivity contribution in [3.63, 3.8) is 0 Å². The number of nitrogens with two attached hydrogens (primary N) is 1. The Labute approximate surface area is 63.5 Å². The van der Waals surface area contributed by atoms with Gasteiger partial charge in [0.2, 0.25) is 0 Å². The van der Waals surface area contributed by atoms with Crippen LogP contribution in [-0.4, -0.2) is 12.7 Å². The molecule has 1 unspecified atom stereocenters. The van der Waals surface area contributed by atoms with Crippen molar-refractivity contribution in [2.75, 3.05) is 6.67 Å². The van der Waals surface area contributed by atoms with Crippen LogP contribution in [0.4, 0.5) is 0 Å². The predicted molar refractivity (Wildman–Crippen MR) is 45.6 cm³/mol. The molecule has 3 N–H and O–H groups in total. The van der Waals surface area contributed by atoms with Gasteiger partial charge in [-0.3, -0.25) is 0 Å². The Hall–Kier alpha value is -0.340. The van der Waals surface area contributed by atoms with Crippen molar-refractivity contribution in [3.8, 4) is 0 Å². The molecular formula is C8H18N2. The molecule has 60 valence electrons. The van der Waals surface area contributed by atoms with E-state index in [1.165, 1.54) is 0 Å². The zero-order valence-electron chi connectivity index (χ0n) is 6.93. The highest BCUT2D eigenvalue weighted by Crippen LogP contribution is 2.04. The van der Waals surface area contributed by atoms with Crippen LogP contribution in [0.1, 0.15) is 20.3 Å². The second-order valence-corrected chi connectivity index (χ2v) is 2.78. The van der Waals surface area contributed by atoms with E-state index in [0.29, 0.717) is 18.6 Å². The second-order valence-electron chi connectivity index (χ2n) is 2.78. The molecule has 0 saturated heterocycles. The van der Waals surface area contributed by atoms with E-state index in [1.54, 1.807) is 0 Å². The Morgan fingerprint density at radius 1 is 1.60 bits per heavy atom. The molecule has 0 amide bonds. The molecule has 2 heteroatoms. The molecule has 0 aliphatic carbocycles. The fourth-order valence-corrected chi connectivity index (χ4v) is 0.922. The second kappa shape index (κ2) is 5.45. The minimum atomic E-state index is 0.488. The molecule has 0 heterocycles. The Kier molecular flexibility index (Phi) is 5.26. The topological polar surface area (TPSA) is 38.0 Å². The summed E-state index contributed by atoms with van der Waals surface area (Å²) >= 11 is 0. The van der Waals surface area contributed by atoms with Gasteiger partial charge in [-0.15, -0.1) is 6.58 Å². The molecule has 0 radical (unpaired) electrons. The summed E-state index contributed by atoms with van der Waals surface area (Å²) in [5, 5.41) is 3.19. The van der Waals surface area contributed by atoms with Crippen molar-refractivity contribution < 1.29 is 0 Å².